The minimum atomic E-state index is -4.68. The van der Waals surface area contributed by atoms with Gasteiger partial charge in [0.2, 0.25) is 5.91 Å². The van der Waals surface area contributed by atoms with E-state index in [1.165, 1.54) is 11.1 Å². The summed E-state index contributed by atoms with van der Waals surface area (Å²) in [5, 5.41) is 0. The first-order chi connectivity index (χ1) is 16.9. The molecule has 1 aromatic heterocycles. The number of carbonyl (C=O) groups is 2. The lowest BCUT2D eigenvalue weighted by atomic mass is 9.76. The molecule has 3 fully saturated rings. The number of nitrogens with zero attached hydrogens (tertiary/aromatic N) is 2. The molecule has 1 aliphatic carbocycles. The van der Waals surface area contributed by atoms with Crippen molar-refractivity contribution >= 4 is 11.8 Å². The van der Waals surface area contributed by atoms with Gasteiger partial charge in [-0.3, -0.25) is 14.6 Å². The summed E-state index contributed by atoms with van der Waals surface area (Å²) in [5.74, 6) is -2.98. The largest absolute Gasteiger partial charge is 0.416 e. The molecule has 5 rings (SSSR count). The first-order valence-electron chi connectivity index (χ1n) is 12.0. The molecular weight excluding hydrogens is 478 g/mol. The lowest BCUT2D eigenvalue weighted by molar-refractivity contribution is -0.137. The second-order valence-corrected chi connectivity index (χ2v) is 10.4. The van der Waals surface area contributed by atoms with Crippen LogP contribution in [0, 0.1) is 17.7 Å². The second-order valence-electron chi connectivity index (χ2n) is 10.4. The van der Waals surface area contributed by atoms with Gasteiger partial charge in [-0.25, -0.2) is 4.39 Å². The number of aromatic nitrogens is 1. The van der Waals surface area contributed by atoms with Gasteiger partial charge in [-0.1, -0.05) is 19.9 Å². The lowest BCUT2D eigenvalue weighted by Crippen LogP contribution is -2.55. The summed E-state index contributed by atoms with van der Waals surface area (Å²) in [4.78, 5) is 32.2. The predicted octanol–water partition coefficient (Wildman–Crippen LogP) is 4.25. The Labute approximate surface area is 205 Å². The van der Waals surface area contributed by atoms with Crippen LogP contribution in [-0.2, 0) is 15.7 Å². The fourth-order valence-electron chi connectivity index (χ4n) is 6.06. The molecule has 2 N–H and O–H groups in total. The van der Waals surface area contributed by atoms with E-state index in [4.69, 9.17) is 10.5 Å². The van der Waals surface area contributed by atoms with E-state index in [1.807, 2.05) is 13.8 Å². The Bertz CT molecular complexity index is 1210. The van der Waals surface area contributed by atoms with Gasteiger partial charge in [0.25, 0.3) is 5.91 Å². The number of halogens is 4. The molecule has 2 aromatic rings. The number of nitrogens with two attached hydrogens (primary N) is 1. The normalized spacial score (nSPS) is 26.5. The van der Waals surface area contributed by atoms with Crippen molar-refractivity contribution in [1.82, 2.24) is 9.88 Å². The molecule has 2 amide bonds. The Hall–Kier alpha value is -3.01. The highest BCUT2D eigenvalue weighted by Crippen LogP contribution is 2.67. The Kier molecular flexibility index (Phi) is 5.85. The summed E-state index contributed by atoms with van der Waals surface area (Å²) in [7, 11) is 0. The van der Waals surface area contributed by atoms with E-state index in [0.717, 1.165) is 12.1 Å². The van der Waals surface area contributed by atoms with E-state index in [0.29, 0.717) is 30.2 Å². The Balaban J connectivity index is 1.60. The Morgan fingerprint density at radius 3 is 2.47 bits per heavy atom. The Morgan fingerprint density at radius 1 is 1.19 bits per heavy atom. The smallest absolute Gasteiger partial charge is 0.381 e. The van der Waals surface area contributed by atoms with Gasteiger partial charge in [0.05, 0.1) is 24.3 Å². The van der Waals surface area contributed by atoms with Crippen LogP contribution in [0.15, 0.2) is 36.5 Å². The number of benzene rings is 1. The number of piperidine rings is 1. The molecule has 2 saturated heterocycles. The van der Waals surface area contributed by atoms with Crippen LogP contribution in [0.5, 0.6) is 0 Å². The average Bonchev–Trinajstić information content (AvgIpc) is 3.39. The van der Waals surface area contributed by atoms with Crippen LogP contribution >= 0.6 is 0 Å². The summed E-state index contributed by atoms with van der Waals surface area (Å²) in [5.41, 5.74) is 4.83. The van der Waals surface area contributed by atoms with Crippen LogP contribution in [0.25, 0.3) is 0 Å². The molecule has 0 spiro atoms. The van der Waals surface area contributed by atoms with Crippen LogP contribution in [0.2, 0.25) is 0 Å². The van der Waals surface area contributed by atoms with E-state index in [2.05, 4.69) is 4.98 Å². The molecule has 4 atom stereocenters. The molecule has 3 heterocycles. The molecule has 0 radical (unpaired) electrons. The van der Waals surface area contributed by atoms with Crippen LogP contribution < -0.4 is 5.73 Å². The zero-order chi connectivity index (χ0) is 26.0. The van der Waals surface area contributed by atoms with Crippen molar-refractivity contribution in [2.24, 2.45) is 17.6 Å². The van der Waals surface area contributed by atoms with Crippen molar-refractivity contribution < 1.29 is 31.9 Å². The van der Waals surface area contributed by atoms with Crippen LogP contribution in [-0.4, -0.2) is 46.5 Å². The minimum Gasteiger partial charge on any atom is -0.381 e. The van der Waals surface area contributed by atoms with Crippen molar-refractivity contribution in [1.29, 1.82) is 0 Å². The molecule has 3 unspecified atom stereocenters. The average molecular weight is 506 g/mol. The van der Waals surface area contributed by atoms with E-state index >= 15 is 4.39 Å². The van der Waals surface area contributed by atoms with Crippen molar-refractivity contribution in [3.05, 3.63) is 64.7 Å². The number of primary amides is 1. The SMILES string of the molecule is CC(C)c1cc(C(=O)N2C(C(N)=O)CC3CC32[C@@H](c2ccc(C(F)(F)F)cc2F)C2COC2)ccn1. The van der Waals surface area contributed by atoms with Crippen molar-refractivity contribution in [3.63, 3.8) is 0 Å². The van der Waals surface area contributed by atoms with Gasteiger partial charge >= 0.3 is 6.18 Å². The third kappa shape index (κ3) is 3.86. The fourth-order valence-corrected chi connectivity index (χ4v) is 6.06. The number of hydrogen-bond acceptors (Lipinski definition) is 4. The number of likely N-dealkylation sites (tertiary alicyclic amines) is 1. The predicted molar refractivity (Wildman–Crippen MR) is 121 cm³/mol. The summed E-state index contributed by atoms with van der Waals surface area (Å²) >= 11 is 0. The molecule has 1 aromatic carbocycles. The molecule has 192 valence electrons. The number of ether oxygens (including phenoxy) is 1. The molecule has 1 saturated carbocycles. The number of carbonyl (C=O) groups excluding carboxylic acids is 2. The number of rotatable bonds is 6. The molecule has 0 bridgehead atoms. The molecule has 6 nitrogen and oxygen atoms in total. The highest BCUT2D eigenvalue weighted by molar-refractivity contribution is 5.99. The van der Waals surface area contributed by atoms with Crippen molar-refractivity contribution in [2.45, 2.75) is 56.3 Å². The number of alkyl halides is 3. The van der Waals surface area contributed by atoms with Crippen molar-refractivity contribution in [3.8, 4) is 0 Å². The van der Waals surface area contributed by atoms with Gasteiger partial charge in [0, 0.05) is 29.3 Å². The molecule has 3 aliphatic rings. The third-order valence-electron chi connectivity index (χ3n) is 7.89. The maximum atomic E-state index is 15.3. The topological polar surface area (TPSA) is 85.5 Å². The van der Waals surface area contributed by atoms with E-state index < -0.39 is 46.9 Å². The van der Waals surface area contributed by atoms with Crippen LogP contribution in [0.1, 0.15) is 65.7 Å². The monoisotopic (exact) mass is 505 g/mol. The van der Waals surface area contributed by atoms with E-state index in [1.54, 1.807) is 12.1 Å². The maximum absolute atomic E-state index is 15.3. The number of pyridine rings is 1. The Morgan fingerprint density at radius 2 is 1.92 bits per heavy atom. The first-order valence-corrected chi connectivity index (χ1v) is 12.0. The molecule has 10 heteroatoms. The van der Waals surface area contributed by atoms with Gasteiger partial charge in [0.1, 0.15) is 11.9 Å². The third-order valence-corrected chi connectivity index (χ3v) is 7.89. The van der Waals surface area contributed by atoms with Gasteiger partial charge in [-0.2, -0.15) is 13.2 Å². The summed E-state index contributed by atoms with van der Waals surface area (Å²) in [6.45, 7) is 4.46. The van der Waals surface area contributed by atoms with Gasteiger partial charge in [0.15, 0.2) is 0 Å². The van der Waals surface area contributed by atoms with Crippen molar-refractivity contribution in [2.75, 3.05) is 13.2 Å². The van der Waals surface area contributed by atoms with E-state index in [9.17, 15) is 22.8 Å². The molecule has 2 aliphatic heterocycles. The summed E-state index contributed by atoms with van der Waals surface area (Å²) in [6.07, 6.45) is -2.32. The quantitative estimate of drug-likeness (QED) is 0.595. The maximum Gasteiger partial charge on any atom is 0.416 e. The van der Waals surface area contributed by atoms with Crippen LogP contribution in [0.4, 0.5) is 17.6 Å². The number of hydrogen-bond donors (Lipinski definition) is 1. The lowest BCUT2D eigenvalue weighted by Gasteiger charge is -2.44. The summed E-state index contributed by atoms with van der Waals surface area (Å²) < 4.78 is 60.3. The van der Waals surface area contributed by atoms with Gasteiger partial charge in [-0.15, -0.1) is 0 Å². The first kappa shape index (κ1) is 24.7. The molecule has 36 heavy (non-hydrogen) atoms. The molecular formula is C26H27F4N3O3. The second kappa shape index (κ2) is 8.54. The number of amides is 2. The zero-order valence-corrected chi connectivity index (χ0v) is 19.9. The number of fused-ring (bicyclic) bond motifs is 1. The fraction of sp³-hybridized carbons (Fsp3) is 0.500. The highest BCUT2D eigenvalue weighted by atomic mass is 19.4. The minimum absolute atomic E-state index is 0.0621. The zero-order valence-electron chi connectivity index (χ0n) is 19.9. The van der Waals surface area contributed by atoms with Crippen LogP contribution in [0.3, 0.4) is 0 Å². The highest BCUT2D eigenvalue weighted by Gasteiger charge is 2.72. The van der Waals surface area contributed by atoms with E-state index in [-0.39, 0.29) is 36.5 Å². The summed E-state index contributed by atoms with van der Waals surface area (Å²) in [6, 6.07) is 4.87. The van der Waals surface area contributed by atoms with Gasteiger partial charge in [-0.05, 0) is 54.5 Å². The standard InChI is InChI=1S/C26H27F4N3O3/c1-13(2)20-7-14(5-6-32-20)24(35)33-21(23(31)34)9-17-10-25(17,33)22(15-11-36-12-15)18-4-3-16(8-19(18)27)26(28,29)30/h3-8,13,15,17,21-22H,9-12H2,1-2H3,(H2,31,34)/t17?,21?,22-,25?/m1/s1. The van der Waals surface area contributed by atoms with Gasteiger partial charge < -0.3 is 15.4 Å².